The van der Waals surface area contributed by atoms with Crippen LogP contribution in [0.1, 0.15) is 30.0 Å². The van der Waals surface area contributed by atoms with Crippen LogP contribution in [0, 0.1) is 13.8 Å². The molecule has 1 amide bonds. The number of carbonyl (C=O) groups is 1. The molecule has 1 fully saturated rings. The monoisotopic (exact) mass is 368 g/mol. The number of piperazine rings is 1. The van der Waals surface area contributed by atoms with E-state index >= 15 is 0 Å². The smallest absolute Gasteiger partial charge is 0.227 e. The summed E-state index contributed by atoms with van der Waals surface area (Å²) in [6.45, 7) is 7.51. The van der Waals surface area contributed by atoms with Gasteiger partial charge >= 0.3 is 0 Å². The molecule has 0 aliphatic carbocycles. The van der Waals surface area contributed by atoms with Gasteiger partial charge in [0.05, 0.1) is 19.3 Å². The standard InChI is InChI=1S/C18H28N2O4S/c1-5-10-25(22,23)20-8-6-19(7-9-20)18(21)13-16-11-14(2)15(3)12-17(16)24-4/h11-12H,5-10,13H2,1-4H3. The molecule has 1 aliphatic rings. The summed E-state index contributed by atoms with van der Waals surface area (Å²) in [5.74, 6) is 0.899. The van der Waals surface area contributed by atoms with Crippen molar-refractivity contribution in [2.45, 2.75) is 33.6 Å². The number of carbonyl (C=O) groups excluding carboxylic acids is 1. The molecule has 0 radical (unpaired) electrons. The summed E-state index contributed by atoms with van der Waals surface area (Å²) < 4.78 is 31.1. The third-order valence-corrected chi connectivity index (χ3v) is 6.76. The van der Waals surface area contributed by atoms with Crippen LogP contribution in [-0.2, 0) is 21.2 Å². The Bertz CT molecular complexity index is 723. The Hall–Kier alpha value is -1.60. The molecule has 1 aromatic rings. The summed E-state index contributed by atoms with van der Waals surface area (Å²) >= 11 is 0. The number of ether oxygens (including phenoxy) is 1. The van der Waals surface area contributed by atoms with Gasteiger partial charge in [-0.05, 0) is 37.5 Å². The third-order valence-electron chi connectivity index (χ3n) is 4.69. The van der Waals surface area contributed by atoms with Crippen LogP contribution in [0.2, 0.25) is 0 Å². The first kappa shape index (κ1) is 19.7. The highest BCUT2D eigenvalue weighted by atomic mass is 32.2. The minimum absolute atomic E-state index is 0.00842. The molecule has 0 saturated carbocycles. The molecule has 0 atom stereocenters. The van der Waals surface area contributed by atoms with Crippen molar-refractivity contribution >= 4 is 15.9 Å². The van der Waals surface area contributed by atoms with Gasteiger partial charge in [-0.1, -0.05) is 13.0 Å². The molecule has 0 aromatic heterocycles. The van der Waals surface area contributed by atoms with Gasteiger partial charge in [-0.15, -0.1) is 0 Å². The molecule has 1 aliphatic heterocycles. The van der Waals surface area contributed by atoms with Crippen LogP contribution in [0.5, 0.6) is 5.75 Å². The van der Waals surface area contributed by atoms with Crippen LogP contribution in [0.15, 0.2) is 12.1 Å². The molecule has 2 rings (SSSR count). The Labute approximate surface area is 150 Å². The number of hydrogen-bond donors (Lipinski definition) is 0. The highest BCUT2D eigenvalue weighted by molar-refractivity contribution is 7.89. The van der Waals surface area contributed by atoms with Gasteiger partial charge in [0.2, 0.25) is 15.9 Å². The molecule has 140 valence electrons. The quantitative estimate of drug-likeness (QED) is 0.767. The second kappa shape index (κ2) is 8.19. The largest absolute Gasteiger partial charge is 0.496 e. The fourth-order valence-corrected chi connectivity index (χ4v) is 4.55. The van der Waals surface area contributed by atoms with E-state index in [1.54, 1.807) is 12.0 Å². The third kappa shape index (κ3) is 4.73. The maximum absolute atomic E-state index is 12.6. The zero-order valence-corrected chi connectivity index (χ0v) is 16.4. The predicted molar refractivity (Wildman–Crippen MR) is 98.4 cm³/mol. The summed E-state index contributed by atoms with van der Waals surface area (Å²) in [5.41, 5.74) is 3.12. The van der Waals surface area contributed by atoms with E-state index in [0.29, 0.717) is 32.6 Å². The first-order chi connectivity index (χ1) is 11.8. The molecule has 0 bridgehead atoms. The number of nitrogens with zero attached hydrogens (tertiary/aromatic N) is 2. The maximum atomic E-state index is 12.6. The molecular formula is C18H28N2O4S. The van der Waals surface area contributed by atoms with Crippen molar-refractivity contribution < 1.29 is 17.9 Å². The van der Waals surface area contributed by atoms with E-state index in [9.17, 15) is 13.2 Å². The van der Waals surface area contributed by atoms with E-state index in [2.05, 4.69) is 0 Å². The van der Waals surface area contributed by atoms with Crippen molar-refractivity contribution in [3.63, 3.8) is 0 Å². The zero-order chi connectivity index (χ0) is 18.6. The van der Waals surface area contributed by atoms with E-state index < -0.39 is 10.0 Å². The Balaban J connectivity index is 2.01. The Kier molecular flexibility index (Phi) is 6.46. The number of sulfonamides is 1. The number of aryl methyl sites for hydroxylation is 2. The molecule has 7 heteroatoms. The lowest BCUT2D eigenvalue weighted by molar-refractivity contribution is -0.131. The number of hydrogen-bond acceptors (Lipinski definition) is 4. The molecule has 25 heavy (non-hydrogen) atoms. The lowest BCUT2D eigenvalue weighted by Gasteiger charge is -2.34. The van der Waals surface area contributed by atoms with Crippen molar-refractivity contribution in [3.8, 4) is 5.75 Å². The summed E-state index contributed by atoms with van der Waals surface area (Å²) in [6.07, 6.45) is 0.875. The van der Waals surface area contributed by atoms with E-state index in [-0.39, 0.29) is 18.1 Å². The predicted octanol–water partition coefficient (Wildman–Crippen LogP) is 1.74. The van der Waals surface area contributed by atoms with Crippen LogP contribution in [0.4, 0.5) is 0 Å². The lowest BCUT2D eigenvalue weighted by atomic mass is 10.0. The van der Waals surface area contributed by atoms with Gasteiger partial charge in [-0.3, -0.25) is 4.79 Å². The average molecular weight is 368 g/mol. The first-order valence-electron chi connectivity index (χ1n) is 8.68. The van der Waals surface area contributed by atoms with Gasteiger partial charge < -0.3 is 9.64 Å². The molecular weight excluding hydrogens is 340 g/mol. The fraction of sp³-hybridized carbons (Fsp3) is 0.611. The van der Waals surface area contributed by atoms with Crippen molar-refractivity contribution in [3.05, 3.63) is 28.8 Å². The molecule has 1 heterocycles. The normalized spacial score (nSPS) is 16.1. The second-order valence-corrected chi connectivity index (χ2v) is 8.61. The van der Waals surface area contributed by atoms with E-state index in [1.807, 2.05) is 32.9 Å². The molecule has 6 nitrogen and oxygen atoms in total. The summed E-state index contributed by atoms with van der Waals surface area (Å²) in [6, 6.07) is 3.95. The molecule has 0 spiro atoms. The van der Waals surface area contributed by atoms with Crippen LogP contribution >= 0.6 is 0 Å². The molecule has 0 unspecified atom stereocenters. The van der Waals surface area contributed by atoms with Gasteiger partial charge in [-0.25, -0.2) is 8.42 Å². The van der Waals surface area contributed by atoms with Gasteiger partial charge in [0.1, 0.15) is 5.75 Å². The number of methoxy groups -OCH3 is 1. The number of benzene rings is 1. The van der Waals surface area contributed by atoms with Gasteiger partial charge in [0.15, 0.2) is 0 Å². The van der Waals surface area contributed by atoms with Crippen molar-refractivity contribution in [2.24, 2.45) is 0 Å². The summed E-state index contributed by atoms with van der Waals surface area (Å²) in [4.78, 5) is 14.4. The minimum atomic E-state index is -3.19. The molecule has 0 N–H and O–H groups in total. The van der Waals surface area contributed by atoms with Crippen molar-refractivity contribution in [2.75, 3.05) is 39.0 Å². The lowest BCUT2D eigenvalue weighted by Crippen LogP contribution is -2.51. The Morgan fingerprint density at radius 3 is 2.28 bits per heavy atom. The van der Waals surface area contributed by atoms with Crippen LogP contribution < -0.4 is 4.74 Å². The Morgan fingerprint density at radius 2 is 1.72 bits per heavy atom. The first-order valence-corrected chi connectivity index (χ1v) is 10.3. The zero-order valence-electron chi connectivity index (χ0n) is 15.5. The van der Waals surface area contributed by atoms with E-state index in [0.717, 1.165) is 22.4 Å². The minimum Gasteiger partial charge on any atom is -0.496 e. The molecule has 1 aromatic carbocycles. The topological polar surface area (TPSA) is 66.9 Å². The highest BCUT2D eigenvalue weighted by Gasteiger charge is 2.28. The van der Waals surface area contributed by atoms with Gasteiger partial charge in [0.25, 0.3) is 0 Å². The average Bonchev–Trinajstić information content (AvgIpc) is 2.58. The van der Waals surface area contributed by atoms with Crippen LogP contribution in [-0.4, -0.2) is 62.6 Å². The second-order valence-electron chi connectivity index (χ2n) is 6.52. The van der Waals surface area contributed by atoms with Crippen LogP contribution in [0.25, 0.3) is 0 Å². The number of amides is 1. The number of rotatable bonds is 6. The van der Waals surface area contributed by atoms with Crippen molar-refractivity contribution in [1.29, 1.82) is 0 Å². The van der Waals surface area contributed by atoms with E-state index in [1.165, 1.54) is 4.31 Å². The maximum Gasteiger partial charge on any atom is 0.227 e. The van der Waals surface area contributed by atoms with Gasteiger partial charge in [0, 0.05) is 31.7 Å². The van der Waals surface area contributed by atoms with Crippen LogP contribution in [0.3, 0.4) is 0 Å². The van der Waals surface area contributed by atoms with Crippen molar-refractivity contribution in [1.82, 2.24) is 9.21 Å². The fourth-order valence-electron chi connectivity index (χ4n) is 3.06. The summed E-state index contributed by atoms with van der Waals surface area (Å²) in [7, 11) is -1.58. The Morgan fingerprint density at radius 1 is 1.12 bits per heavy atom. The van der Waals surface area contributed by atoms with Gasteiger partial charge in [-0.2, -0.15) is 4.31 Å². The van der Waals surface area contributed by atoms with E-state index in [4.69, 9.17) is 4.74 Å². The SMILES string of the molecule is CCCS(=O)(=O)N1CCN(C(=O)Cc2cc(C)c(C)cc2OC)CC1. The molecule has 1 saturated heterocycles. The summed E-state index contributed by atoms with van der Waals surface area (Å²) in [5, 5.41) is 0. The highest BCUT2D eigenvalue weighted by Crippen LogP contribution is 2.24.